The van der Waals surface area contributed by atoms with Gasteiger partial charge in [0.05, 0.1) is 18.9 Å². The SMILES string of the molecule is CCOc1cccc(C=Nc2cccc(B3OC[C@H]4O[C@@H]5OC(C)(C)O[C@@H]5[C@H]4O3)c2)c1O. The molecule has 3 aliphatic rings. The second kappa shape index (κ2) is 8.49. The van der Waals surface area contributed by atoms with Crippen LogP contribution in [0.25, 0.3) is 0 Å². The van der Waals surface area contributed by atoms with Gasteiger partial charge in [-0.3, -0.25) is 4.99 Å². The number of para-hydroxylation sites is 1. The average molecular weight is 439 g/mol. The Kier molecular flexibility index (Phi) is 5.69. The van der Waals surface area contributed by atoms with Crippen LogP contribution in [0, 0.1) is 0 Å². The number of phenols is 1. The molecule has 5 rings (SSSR count). The molecular weight excluding hydrogens is 413 g/mol. The van der Waals surface area contributed by atoms with Crippen molar-refractivity contribution in [3.63, 3.8) is 0 Å². The van der Waals surface area contributed by atoms with E-state index in [2.05, 4.69) is 4.99 Å². The van der Waals surface area contributed by atoms with Gasteiger partial charge in [-0.1, -0.05) is 18.2 Å². The second-order valence-corrected chi connectivity index (χ2v) is 8.39. The summed E-state index contributed by atoms with van der Waals surface area (Å²) in [5.41, 5.74) is 2.12. The molecule has 2 aromatic carbocycles. The van der Waals surface area contributed by atoms with Gasteiger partial charge in [-0.05, 0) is 50.5 Å². The van der Waals surface area contributed by atoms with Crippen molar-refractivity contribution in [3.05, 3.63) is 48.0 Å². The average Bonchev–Trinajstić information content (AvgIpc) is 3.25. The number of nitrogens with zero attached hydrogens (tertiary/aromatic N) is 1. The summed E-state index contributed by atoms with van der Waals surface area (Å²) in [4.78, 5) is 4.51. The Bertz CT molecular complexity index is 1010. The summed E-state index contributed by atoms with van der Waals surface area (Å²) in [5, 5.41) is 10.4. The van der Waals surface area contributed by atoms with Crippen molar-refractivity contribution in [2.75, 3.05) is 13.2 Å². The van der Waals surface area contributed by atoms with E-state index < -0.39 is 19.2 Å². The van der Waals surface area contributed by atoms with E-state index >= 15 is 0 Å². The lowest BCUT2D eigenvalue weighted by atomic mass is 9.77. The standard InChI is InChI=1S/C23H26BNO7/c1-4-27-17-10-5-7-14(19(17)26)12-25-16-9-6-8-15(11-16)24-28-13-18-20(32-24)21-22(29-18)31-23(2,3)30-21/h5-12,18,20-22,26H,4,13H2,1-3H3/t18-,20+,21-,22-/m1/s1. The van der Waals surface area contributed by atoms with Gasteiger partial charge >= 0.3 is 7.12 Å². The summed E-state index contributed by atoms with van der Waals surface area (Å²) >= 11 is 0. The predicted molar refractivity (Wildman–Crippen MR) is 118 cm³/mol. The molecule has 3 heterocycles. The summed E-state index contributed by atoms with van der Waals surface area (Å²) < 4.78 is 35.3. The van der Waals surface area contributed by atoms with Crippen molar-refractivity contribution < 1.29 is 33.4 Å². The normalized spacial score (nSPS) is 28.7. The van der Waals surface area contributed by atoms with Crippen LogP contribution in [0.3, 0.4) is 0 Å². The first-order chi connectivity index (χ1) is 15.4. The molecule has 0 aliphatic carbocycles. The van der Waals surface area contributed by atoms with Gasteiger partial charge in [-0.2, -0.15) is 0 Å². The highest BCUT2D eigenvalue weighted by Gasteiger charge is 2.57. The highest BCUT2D eigenvalue weighted by Crippen LogP contribution is 2.40. The zero-order valence-corrected chi connectivity index (χ0v) is 18.3. The van der Waals surface area contributed by atoms with Gasteiger partial charge in [0, 0.05) is 11.8 Å². The molecule has 2 aromatic rings. The minimum atomic E-state index is -0.697. The van der Waals surface area contributed by atoms with Crippen molar-refractivity contribution >= 4 is 24.5 Å². The van der Waals surface area contributed by atoms with Crippen LogP contribution < -0.4 is 10.2 Å². The lowest BCUT2D eigenvalue weighted by Gasteiger charge is -2.32. The molecule has 1 N–H and O–H groups in total. The first kappa shape index (κ1) is 21.4. The summed E-state index contributed by atoms with van der Waals surface area (Å²) in [6.07, 6.45) is 0.378. The third-order valence-corrected chi connectivity index (χ3v) is 5.60. The summed E-state index contributed by atoms with van der Waals surface area (Å²) in [6, 6.07) is 12.9. The van der Waals surface area contributed by atoms with Gasteiger partial charge in [0.25, 0.3) is 0 Å². The minimum Gasteiger partial charge on any atom is -0.504 e. The van der Waals surface area contributed by atoms with Gasteiger partial charge in [-0.15, -0.1) is 0 Å². The number of ether oxygens (including phenoxy) is 4. The van der Waals surface area contributed by atoms with Crippen LogP contribution >= 0.6 is 0 Å². The highest BCUT2D eigenvalue weighted by molar-refractivity contribution is 6.61. The highest BCUT2D eigenvalue weighted by atomic mass is 16.8. The van der Waals surface area contributed by atoms with Crippen LogP contribution in [0.15, 0.2) is 47.5 Å². The van der Waals surface area contributed by atoms with E-state index in [1.807, 2.05) is 51.1 Å². The van der Waals surface area contributed by atoms with Crippen LogP contribution in [0.5, 0.6) is 11.5 Å². The third-order valence-electron chi connectivity index (χ3n) is 5.60. The lowest BCUT2D eigenvalue weighted by molar-refractivity contribution is -0.221. The van der Waals surface area contributed by atoms with Crippen molar-refractivity contribution in [1.29, 1.82) is 0 Å². The van der Waals surface area contributed by atoms with Crippen molar-refractivity contribution in [3.8, 4) is 11.5 Å². The second-order valence-electron chi connectivity index (χ2n) is 8.39. The fourth-order valence-corrected chi connectivity index (χ4v) is 4.20. The Morgan fingerprint density at radius 1 is 1.19 bits per heavy atom. The van der Waals surface area contributed by atoms with E-state index in [0.717, 1.165) is 5.46 Å². The largest absolute Gasteiger partial charge is 0.504 e. The molecule has 0 spiro atoms. The van der Waals surface area contributed by atoms with Crippen LogP contribution in [0.1, 0.15) is 26.3 Å². The molecule has 3 fully saturated rings. The molecular formula is C23H26BNO7. The molecule has 3 aliphatic heterocycles. The Morgan fingerprint density at radius 3 is 2.88 bits per heavy atom. The van der Waals surface area contributed by atoms with Crippen LogP contribution in [0.2, 0.25) is 0 Å². The molecule has 0 saturated carbocycles. The summed E-state index contributed by atoms with van der Waals surface area (Å²) in [6.45, 7) is 6.46. The fourth-order valence-electron chi connectivity index (χ4n) is 4.20. The number of benzene rings is 2. The number of hydrogen-bond donors (Lipinski definition) is 1. The first-order valence-electron chi connectivity index (χ1n) is 10.8. The van der Waals surface area contributed by atoms with E-state index in [1.54, 1.807) is 18.3 Å². The summed E-state index contributed by atoms with van der Waals surface area (Å²) in [5.74, 6) is -0.198. The molecule has 3 saturated heterocycles. The van der Waals surface area contributed by atoms with Crippen molar-refractivity contribution in [2.45, 2.75) is 51.2 Å². The van der Waals surface area contributed by atoms with Gasteiger partial charge < -0.3 is 33.4 Å². The van der Waals surface area contributed by atoms with E-state index in [4.69, 9.17) is 28.3 Å². The monoisotopic (exact) mass is 439 g/mol. The predicted octanol–water partition coefficient (Wildman–Crippen LogP) is 2.53. The van der Waals surface area contributed by atoms with Crippen LogP contribution in [0.4, 0.5) is 5.69 Å². The number of aromatic hydroxyl groups is 1. The van der Waals surface area contributed by atoms with Gasteiger partial charge in [0.15, 0.2) is 23.6 Å². The van der Waals surface area contributed by atoms with Crippen LogP contribution in [-0.2, 0) is 23.5 Å². The summed E-state index contributed by atoms with van der Waals surface area (Å²) in [7, 11) is -0.559. The van der Waals surface area contributed by atoms with E-state index in [0.29, 0.717) is 30.2 Å². The Hall–Kier alpha value is -2.43. The number of fused-ring (bicyclic) bond motifs is 3. The quantitative estimate of drug-likeness (QED) is 0.566. The van der Waals surface area contributed by atoms with Crippen molar-refractivity contribution in [1.82, 2.24) is 0 Å². The topological polar surface area (TPSA) is 88.0 Å². The lowest BCUT2D eigenvalue weighted by Crippen LogP contribution is -2.53. The van der Waals surface area contributed by atoms with Gasteiger partial charge in [0.1, 0.15) is 18.3 Å². The molecule has 0 amide bonds. The number of phenolic OH excluding ortho intramolecular Hbond substituents is 1. The Morgan fingerprint density at radius 2 is 2.03 bits per heavy atom. The number of aliphatic imine (C=N–C) groups is 1. The van der Waals surface area contributed by atoms with Gasteiger partial charge in [0.2, 0.25) is 0 Å². The first-order valence-corrected chi connectivity index (χ1v) is 10.8. The smallest absolute Gasteiger partial charge is 0.494 e. The molecule has 168 valence electrons. The maximum atomic E-state index is 10.4. The van der Waals surface area contributed by atoms with Crippen LogP contribution in [-0.4, -0.2) is 62.0 Å². The third kappa shape index (κ3) is 4.14. The Balaban J connectivity index is 1.31. The molecule has 0 aromatic heterocycles. The molecule has 32 heavy (non-hydrogen) atoms. The fraction of sp³-hybridized carbons (Fsp3) is 0.435. The van der Waals surface area contributed by atoms with E-state index in [1.165, 1.54) is 0 Å². The van der Waals surface area contributed by atoms with E-state index in [9.17, 15) is 5.11 Å². The van der Waals surface area contributed by atoms with Gasteiger partial charge in [-0.25, -0.2) is 0 Å². The molecule has 0 radical (unpaired) electrons. The Labute approximate surface area is 187 Å². The molecule has 0 bridgehead atoms. The minimum absolute atomic E-state index is 0.0664. The number of rotatable bonds is 5. The zero-order chi connectivity index (χ0) is 22.3. The molecule has 4 atom stereocenters. The molecule has 0 unspecified atom stereocenters. The zero-order valence-electron chi connectivity index (χ0n) is 18.3. The maximum absolute atomic E-state index is 10.4. The molecule has 9 heteroatoms. The molecule has 8 nitrogen and oxygen atoms in total. The van der Waals surface area contributed by atoms with E-state index in [-0.39, 0.29) is 24.1 Å². The van der Waals surface area contributed by atoms with Crippen molar-refractivity contribution in [2.24, 2.45) is 4.99 Å². The number of hydrogen-bond acceptors (Lipinski definition) is 8. The maximum Gasteiger partial charge on any atom is 0.494 e.